The molecule has 0 saturated heterocycles. The second-order valence-electron chi connectivity index (χ2n) is 4.68. The minimum atomic E-state index is -0.449. The first-order valence-corrected chi connectivity index (χ1v) is 7.10. The lowest BCUT2D eigenvalue weighted by Gasteiger charge is -2.18. The van der Waals surface area contributed by atoms with E-state index in [1.807, 2.05) is 18.0 Å². The molecule has 1 fully saturated rings. The number of nitriles is 1. The van der Waals surface area contributed by atoms with E-state index >= 15 is 0 Å². The summed E-state index contributed by atoms with van der Waals surface area (Å²) in [5, 5.41) is 9.79. The number of hydrogen-bond donors (Lipinski definition) is 1. The SMILES string of the molecule is CCOC(=O)c1c(N(C)CC2CC2)sc(C#N)c1N. The molecule has 1 heterocycles. The zero-order valence-corrected chi connectivity index (χ0v) is 11.9. The van der Waals surface area contributed by atoms with Gasteiger partial charge in [0.05, 0.1) is 12.3 Å². The van der Waals surface area contributed by atoms with Gasteiger partial charge in [0.15, 0.2) is 0 Å². The standard InChI is InChI=1S/C13H17N3O2S/c1-3-18-13(17)10-11(15)9(6-14)19-12(10)16(2)7-8-4-5-8/h8H,3-5,7,15H2,1-2H3. The lowest BCUT2D eigenvalue weighted by Crippen LogP contribution is -2.21. The zero-order chi connectivity index (χ0) is 14.0. The van der Waals surface area contributed by atoms with Gasteiger partial charge in [0.1, 0.15) is 21.5 Å². The van der Waals surface area contributed by atoms with Crippen molar-refractivity contribution < 1.29 is 9.53 Å². The molecule has 0 aliphatic heterocycles. The smallest absolute Gasteiger partial charge is 0.343 e. The van der Waals surface area contributed by atoms with Crippen LogP contribution in [-0.4, -0.2) is 26.2 Å². The third-order valence-electron chi connectivity index (χ3n) is 3.08. The lowest BCUT2D eigenvalue weighted by atomic mass is 10.2. The van der Waals surface area contributed by atoms with Crippen LogP contribution in [-0.2, 0) is 4.74 Å². The van der Waals surface area contributed by atoms with Gasteiger partial charge in [-0.25, -0.2) is 4.79 Å². The third kappa shape index (κ3) is 2.82. The van der Waals surface area contributed by atoms with Crippen LogP contribution in [0.15, 0.2) is 0 Å². The molecule has 6 heteroatoms. The molecular weight excluding hydrogens is 262 g/mol. The summed E-state index contributed by atoms with van der Waals surface area (Å²) >= 11 is 1.26. The van der Waals surface area contributed by atoms with E-state index < -0.39 is 5.97 Å². The average molecular weight is 279 g/mol. The van der Waals surface area contributed by atoms with Crippen LogP contribution >= 0.6 is 11.3 Å². The Labute approximate surface area is 116 Å². The molecule has 0 aromatic carbocycles. The molecule has 1 aromatic rings. The number of carbonyl (C=O) groups excluding carboxylic acids is 1. The van der Waals surface area contributed by atoms with Gasteiger partial charge >= 0.3 is 5.97 Å². The lowest BCUT2D eigenvalue weighted by molar-refractivity contribution is 0.0529. The van der Waals surface area contributed by atoms with Crippen molar-refractivity contribution in [1.82, 2.24) is 0 Å². The van der Waals surface area contributed by atoms with E-state index in [-0.39, 0.29) is 5.69 Å². The molecule has 102 valence electrons. The van der Waals surface area contributed by atoms with Gasteiger partial charge in [0, 0.05) is 13.6 Å². The maximum atomic E-state index is 12.0. The number of nitrogens with two attached hydrogens (primary N) is 1. The van der Waals surface area contributed by atoms with E-state index in [0.29, 0.717) is 23.0 Å². The Morgan fingerprint density at radius 2 is 2.32 bits per heavy atom. The van der Waals surface area contributed by atoms with Crippen LogP contribution in [0.25, 0.3) is 0 Å². The van der Waals surface area contributed by atoms with Crippen LogP contribution in [0.2, 0.25) is 0 Å². The molecule has 5 nitrogen and oxygen atoms in total. The summed E-state index contributed by atoms with van der Waals surface area (Å²) in [5.41, 5.74) is 6.47. The van der Waals surface area contributed by atoms with Crippen molar-refractivity contribution in [2.24, 2.45) is 5.92 Å². The summed E-state index contributed by atoms with van der Waals surface area (Å²) in [6, 6.07) is 2.04. The predicted molar refractivity (Wildman–Crippen MR) is 75.4 cm³/mol. The number of anilines is 2. The molecule has 2 rings (SSSR count). The summed E-state index contributed by atoms with van der Waals surface area (Å²) in [6.07, 6.45) is 2.45. The normalized spacial score (nSPS) is 13.9. The van der Waals surface area contributed by atoms with E-state index in [4.69, 9.17) is 15.7 Å². The number of ether oxygens (including phenoxy) is 1. The Balaban J connectivity index is 2.34. The minimum Gasteiger partial charge on any atom is -0.462 e. The topological polar surface area (TPSA) is 79.3 Å². The fourth-order valence-corrected chi connectivity index (χ4v) is 2.93. The molecule has 0 unspecified atom stereocenters. The molecular formula is C13H17N3O2S. The van der Waals surface area contributed by atoms with Crippen LogP contribution in [0.3, 0.4) is 0 Å². The van der Waals surface area contributed by atoms with Crippen molar-refractivity contribution in [3.63, 3.8) is 0 Å². The molecule has 1 aliphatic carbocycles. The quantitative estimate of drug-likeness (QED) is 0.836. The van der Waals surface area contributed by atoms with E-state index in [1.165, 1.54) is 24.2 Å². The van der Waals surface area contributed by atoms with Crippen molar-refractivity contribution in [2.45, 2.75) is 19.8 Å². The molecule has 0 radical (unpaired) electrons. The summed E-state index contributed by atoms with van der Waals surface area (Å²) in [5.74, 6) is 0.240. The fraction of sp³-hybridized carbons (Fsp3) is 0.538. The average Bonchev–Trinajstić information content (AvgIpc) is 3.11. The molecule has 1 aromatic heterocycles. The van der Waals surface area contributed by atoms with Gasteiger partial charge in [-0.15, -0.1) is 11.3 Å². The van der Waals surface area contributed by atoms with Gasteiger partial charge in [-0.2, -0.15) is 5.26 Å². The molecule has 0 amide bonds. The van der Waals surface area contributed by atoms with Crippen LogP contribution in [0, 0.1) is 17.2 Å². The molecule has 1 saturated carbocycles. The Morgan fingerprint density at radius 1 is 1.63 bits per heavy atom. The molecule has 0 atom stereocenters. The minimum absolute atomic E-state index is 0.239. The largest absolute Gasteiger partial charge is 0.462 e. The predicted octanol–water partition coefficient (Wildman–Crippen LogP) is 2.22. The number of thiophene rings is 1. The van der Waals surface area contributed by atoms with E-state index in [0.717, 1.165) is 11.5 Å². The summed E-state index contributed by atoms with van der Waals surface area (Å²) in [6.45, 7) is 2.93. The van der Waals surface area contributed by atoms with Gasteiger partial charge < -0.3 is 15.4 Å². The van der Waals surface area contributed by atoms with Gasteiger partial charge in [-0.3, -0.25) is 0 Å². The Morgan fingerprint density at radius 3 is 2.84 bits per heavy atom. The van der Waals surface area contributed by atoms with Crippen LogP contribution in [0.1, 0.15) is 35.0 Å². The van der Waals surface area contributed by atoms with Crippen molar-refractivity contribution in [3.8, 4) is 6.07 Å². The number of rotatable bonds is 5. The molecule has 0 spiro atoms. The summed E-state index contributed by atoms with van der Waals surface area (Å²) in [7, 11) is 1.92. The van der Waals surface area contributed by atoms with Gasteiger partial charge in [-0.1, -0.05) is 0 Å². The molecule has 2 N–H and O–H groups in total. The number of hydrogen-bond acceptors (Lipinski definition) is 6. The van der Waals surface area contributed by atoms with Crippen LogP contribution in [0.4, 0.5) is 10.7 Å². The van der Waals surface area contributed by atoms with Crippen LogP contribution in [0.5, 0.6) is 0 Å². The van der Waals surface area contributed by atoms with Gasteiger partial charge in [0.2, 0.25) is 0 Å². The highest BCUT2D eigenvalue weighted by Crippen LogP contribution is 2.40. The first-order chi connectivity index (χ1) is 9.08. The summed E-state index contributed by atoms with van der Waals surface area (Å²) < 4.78 is 5.03. The van der Waals surface area contributed by atoms with Crippen molar-refractivity contribution in [3.05, 3.63) is 10.4 Å². The summed E-state index contributed by atoms with van der Waals surface area (Å²) in [4.78, 5) is 14.4. The molecule has 1 aliphatic rings. The third-order valence-corrected chi connectivity index (χ3v) is 4.31. The van der Waals surface area contributed by atoms with Gasteiger partial charge in [0.25, 0.3) is 0 Å². The van der Waals surface area contributed by atoms with E-state index in [1.54, 1.807) is 6.92 Å². The highest BCUT2D eigenvalue weighted by atomic mass is 32.1. The second kappa shape index (κ2) is 5.49. The highest BCUT2D eigenvalue weighted by Gasteiger charge is 2.29. The maximum absolute atomic E-state index is 12.0. The van der Waals surface area contributed by atoms with Crippen molar-refractivity contribution >= 4 is 28.0 Å². The fourth-order valence-electron chi connectivity index (χ4n) is 1.95. The first kappa shape index (κ1) is 13.7. The Bertz CT molecular complexity index is 529. The number of esters is 1. The zero-order valence-electron chi connectivity index (χ0n) is 11.1. The number of nitrogens with zero attached hydrogens (tertiary/aromatic N) is 2. The highest BCUT2D eigenvalue weighted by molar-refractivity contribution is 7.17. The monoisotopic (exact) mass is 279 g/mol. The molecule has 19 heavy (non-hydrogen) atoms. The van der Waals surface area contributed by atoms with E-state index in [2.05, 4.69) is 0 Å². The van der Waals surface area contributed by atoms with Crippen LogP contribution < -0.4 is 10.6 Å². The van der Waals surface area contributed by atoms with Crippen molar-refractivity contribution in [1.29, 1.82) is 5.26 Å². The van der Waals surface area contributed by atoms with Gasteiger partial charge in [-0.05, 0) is 25.7 Å². The van der Waals surface area contributed by atoms with E-state index in [9.17, 15) is 4.79 Å². The molecule has 0 bridgehead atoms. The Hall–Kier alpha value is -1.74. The first-order valence-electron chi connectivity index (χ1n) is 6.29. The number of nitrogen functional groups attached to an aromatic ring is 1. The Kier molecular flexibility index (Phi) is 3.96. The maximum Gasteiger partial charge on any atom is 0.343 e. The number of carbonyl (C=O) groups is 1. The van der Waals surface area contributed by atoms with Crippen molar-refractivity contribution in [2.75, 3.05) is 30.8 Å². The second-order valence-corrected chi connectivity index (χ2v) is 5.68.